The third kappa shape index (κ3) is 3.96. The van der Waals surface area contributed by atoms with Gasteiger partial charge in [-0.1, -0.05) is 11.6 Å². The van der Waals surface area contributed by atoms with Gasteiger partial charge < -0.3 is 9.53 Å². The number of halogens is 4. The maximum atomic E-state index is 12.3. The number of aromatic nitrogens is 2. The fraction of sp³-hybridized carbons (Fsp3) is 0.353. The molecule has 1 aliphatic heterocycles. The van der Waals surface area contributed by atoms with Crippen LogP contribution in [0.2, 0.25) is 5.15 Å². The molecule has 1 unspecified atom stereocenters. The third-order valence-corrected chi connectivity index (χ3v) is 4.41. The molecule has 3 heterocycles. The van der Waals surface area contributed by atoms with E-state index in [1.165, 1.54) is 6.20 Å². The minimum atomic E-state index is -4.42. The Bertz CT molecular complexity index is 829. The van der Waals surface area contributed by atoms with Gasteiger partial charge in [-0.25, -0.2) is 9.97 Å². The largest absolute Gasteiger partial charge is 0.468 e. The van der Waals surface area contributed by atoms with E-state index in [1.54, 1.807) is 25.3 Å². The van der Waals surface area contributed by atoms with Crippen LogP contribution in [-0.2, 0) is 17.9 Å². The Hall–Kier alpha value is -2.19. The third-order valence-electron chi connectivity index (χ3n) is 4.09. The molecule has 0 N–H and O–H groups in total. The summed E-state index contributed by atoms with van der Waals surface area (Å²) in [6.45, 7) is 1.08. The van der Waals surface area contributed by atoms with E-state index < -0.39 is 18.8 Å². The van der Waals surface area contributed by atoms with Gasteiger partial charge in [-0.05, 0) is 30.2 Å². The number of pyridine rings is 2. The van der Waals surface area contributed by atoms with Gasteiger partial charge in [0.25, 0.3) is 0 Å². The molecule has 1 atom stereocenters. The summed E-state index contributed by atoms with van der Waals surface area (Å²) in [5.41, 5.74) is 2.87. The molecule has 0 saturated carbocycles. The molecule has 5 nitrogen and oxygen atoms in total. The van der Waals surface area contributed by atoms with Crippen molar-refractivity contribution in [2.75, 3.05) is 6.61 Å². The van der Waals surface area contributed by atoms with Crippen LogP contribution in [0, 0.1) is 6.92 Å². The molecule has 0 radical (unpaired) electrons. The zero-order valence-electron chi connectivity index (χ0n) is 13.8. The molecule has 3 rings (SSSR count). The average Bonchev–Trinajstić information content (AvgIpc) is 2.92. The minimum Gasteiger partial charge on any atom is -0.468 e. The zero-order valence-corrected chi connectivity index (χ0v) is 14.5. The molecule has 0 saturated heterocycles. The molecule has 0 amide bonds. The number of aldehydes is 1. The molecular formula is C17H15ClF3N3O2. The van der Waals surface area contributed by atoms with Gasteiger partial charge in [-0.3, -0.25) is 4.90 Å². The quantitative estimate of drug-likeness (QED) is 0.581. The fourth-order valence-electron chi connectivity index (χ4n) is 2.97. The van der Waals surface area contributed by atoms with E-state index in [0.717, 1.165) is 23.0 Å². The molecule has 0 bridgehead atoms. The Morgan fingerprint density at radius 1 is 1.42 bits per heavy atom. The van der Waals surface area contributed by atoms with Crippen molar-refractivity contribution in [3.63, 3.8) is 0 Å². The first-order valence-electron chi connectivity index (χ1n) is 7.76. The van der Waals surface area contributed by atoms with Crippen LogP contribution in [0.5, 0.6) is 5.88 Å². The van der Waals surface area contributed by atoms with Gasteiger partial charge in [0, 0.05) is 36.6 Å². The lowest BCUT2D eigenvalue weighted by Gasteiger charge is -2.20. The lowest BCUT2D eigenvalue weighted by atomic mass is 10.1. The number of hydrogen-bond acceptors (Lipinski definition) is 5. The molecule has 0 aliphatic carbocycles. The number of ether oxygens (including phenoxy) is 1. The van der Waals surface area contributed by atoms with Crippen molar-refractivity contribution in [1.82, 2.24) is 14.9 Å². The van der Waals surface area contributed by atoms with Crippen LogP contribution in [0.4, 0.5) is 13.2 Å². The zero-order chi connectivity index (χ0) is 18.9. The second-order valence-electron chi connectivity index (χ2n) is 6.02. The molecular weight excluding hydrogens is 371 g/mol. The maximum Gasteiger partial charge on any atom is 0.422 e. The van der Waals surface area contributed by atoms with E-state index in [-0.39, 0.29) is 5.88 Å². The fourth-order valence-corrected chi connectivity index (χ4v) is 3.19. The first kappa shape index (κ1) is 18.6. The molecule has 0 spiro atoms. The first-order chi connectivity index (χ1) is 12.3. The van der Waals surface area contributed by atoms with Crippen LogP contribution in [0.25, 0.3) is 0 Å². The monoisotopic (exact) mass is 385 g/mol. The van der Waals surface area contributed by atoms with E-state index >= 15 is 0 Å². The van der Waals surface area contributed by atoms with Gasteiger partial charge in [0.05, 0.1) is 6.04 Å². The average molecular weight is 386 g/mol. The summed E-state index contributed by atoms with van der Waals surface area (Å²) in [5.74, 6) is -0.0602. The lowest BCUT2D eigenvalue weighted by Crippen LogP contribution is -2.23. The highest BCUT2D eigenvalue weighted by molar-refractivity contribution is 6.30. The second kappa shape index (κ2) is 7.20. The van der Waals surface area contributed by atoms with Crippen molar-refractivity contribution in [2.24, 2.45) is 0 Å². The standard InChI is InChI=1S/C17H15ClF3N3O2/c1-10-4-11(5-23-16(10)26-9-17(19,20)21)6-24-7-13-12(14(24)8-25)2-3-22-15(13)18/h2-5,8,14H,6-7,9H2,1H3. The van der Waals surface area contributed by atoms with Gasteiger partial charge in [0.15, 0.2) is 6.61 Å². The highest BCUT2D eigenvalue weighted by Gasteiger charge is 2.32. The van der Waals surface area contributed by atoms with Gasteiger partial charge in [-0.2, -0.15) is 13.2 Å². The SMILES string of the molecule is Cc1cc(CN2Cc3c(ccnc3Cl)C2C=O)cnc1OCC(F)(F)F. The highest BCUT2D eigenvalue weighted by Crippen LogP contribution is 2.36. The van der Waals surface area contributed by atoms with Crippen molar-refractivity contribution in [3.8, 4) is 5.88 Å². The van der Waals surface area contributed by atoms with E-state index in [4.69, 9.17) is 16.3 Å². The molecule has 2 aromatic rings. The summed E-state index contributed by atoms with van der Waals surface area (Å²) in [7, 11) is 0. The van der Waals surface area contributed by atoms with Crippen LogP contribution in [0.1, 0.15) is 28.3 Å². The molecule has 9 heteroatoms. The van der Waals surface area contributed by atoms with Crippen LogP contribution in [0.3, 0.4) is 0 Å². The number of rotatable bonds is 5. The van der Waals surface area contributed by atoms with Crippen molar-refractivity contribution in [3.05, 3.63) is 51.9 Å². The first-order valence-corrected chi connectivity index (χ1v) is 8.14. The number of aryl methyl sites for hydroxylation is 1. The number of alkyl halides is 3. The Balaban J connectivity index is 1.74. The van der Waals surface area contributed by atoms with Crippen molar-refractivity contribution in [2.45, 2.75) is 32.2 Å². The van der Waals surface area contributed by atoms with Crippen molar-refractivity contribution < 1.29 is 22.7 Å². The van der Waals surface area contributed by atoms with Crippen LogP contribution < -0.4 is 4.74 Å². The number of nitrogens with zero attached hydrogens (tertiary/aromatic N) is 3. The van der Waals surface area contributed by atoms with E-state index in [0.29, 0.717) is 23.8 Å². The molecule has 2 aromatic heterocycles. The van der Waals surface area contributed by atoms with Gasteiger partial charge in [0.2, 0.25) is 5.88 Å². The number of carbonyl (C=O) groups is 1. The van der Waals surface area contributed by atoms with Gasteiger partial charge in [0.1, 0.15) is 11.4 Å². The Morgan fingerprint density at radius 2 is 2.19 bits per heavy atom. The highest BCUT2D eigenvalue weighted by atomic mass is 35.5. The summed E-state index contributed by atoms with van der Waals surface area (Å²) in [4.78, 5) is 21.4. The van der Waals surface area contributed by atoms with E-state index in [2.05, 4.69) is 9.97 Å². The molecule has 1 aliphatic rings. The summed E-state index contributed by atoms with van der Waals surface area (Å²) in [5, 5.41) is 0.363. The molecule has 138 valence electrons. The number of hydrogen-bond donors (Lipinski definition) is 0. The topological polar surface area (TPSA) is 55.3 Å². The summed E-state index contributed by atoms with van der Waals surface area (Å²) >= 11 is 6.10. The second-order valence-corrected chi connectivity index (χ2v) is 6.38. The Kier molecular flexibility index (Phi) is 5.15. The summed E-state index contributed by atoms with van der Waals surface area (Å²) in [6, 6.07) is 3.01. The maximum absolute atomic E-state index is 12.3. The van der Waals surface area contributed by atoms with Crippen LogP contribution >= 0.6 is 11.6 Å². The summed E-state index contributed by atoms with van der Waals surface area (Å²) < 4.78 is 41.5. The Labute approximate surface area is 152 Å². The number of fused-ring (bicyclic) bond motifs is 1. The Morgan fingerprint density at radius 3 is 2.85 bits per heavy atom. The summed E-state index contributed by atoms with van der Waals surface area (Å²) in [6.07, 6.45) is -0.578. The van der Waals surface area contributed by atoms with E-state index in [9.17, 15) is 18.0 Å². The number of carbonyl (C=O) groups excluding carboxylic acids is 1. The van der Waals surface area contributed by atoms with Gasteiger partial charge >= 0.3 is 6.18 Å². The van der Waals surface area contributed by atoms with E-state index in [1.807, 2.05) is 4.90 Å². The normalized spacial score (nSPS) is 17.2. The predicted molar refractivity (Wildman–Crippen MR) is 87.8 cm³/mol. The van der Waals surface area contributed by atoms with Crippen molar-refractivity contribution in [1.29, 1.82) is 0 Å². The van der Waals surface area contributed by atoms with Crippen molar-refractivity contribution >= 4 is 17.9 Å². The van der Waals surface area contributed by atoms with Gasteiger partial charge in [-0.15, -0.1) is 0 Å². The predicted octanol–water partition coefficient (Wildman–Crippen LogP) is 3.64. The molecule has 26 heavy (non-hydrogen) atoms. The molecule has 0 aromatic carbocycles. The minimum absolute atomic E-state index is 0.0602. The molecule has 0 fully saturated rings. The van der Waals surface area contributed by atoms with Crippen LogP contribution in [0.15, 0.2) is 24.5 Å². The lowest BCUT2D eigenvalue weighted by molar-refractivity contribution is -0.154. The van der Waals surface area contributed by atoms with Crippen LogP contribution in [-0.4, -0.2) is 33.9 Å². The smallest absolute Gasteiger partial charge is 0.422 e.